The van der Waals surface area contributed by atoms with E-state index in [4.69, 9.17) is 4.74 Å². The number of hydrogen-bond acceptors (Lipinski definition) is 5. The maximum absolute atomic E-state index is 11.3. The Hall–Kier alpha value is -2.09. The minimum absolute atomic E-state index is 0.274. The first-order chi connectivity index (χ1) is 8.72. The molecule has 1 saturated carbocycles. The van der Waals surface area contributed by atoms with Gasteiger partial charge in [-0.25, -0.2) is 9.78 Å². The number of ether oxygens (including phenoxy) is 1. The second-order valence-electron chi connectivity index (χ2n) is 4.83. The van der Waals surface area contributed by atoms with Crippen molar-refractivity contribution in [2.45, 2.75) is 37.8 Å². The fourth-order valence-corrected chi connectivity index (χ4v) is 2.60. The molecule has 2 heterocycles. The van der Waals surface area contributed by atoms with Gasteiger partial charge in [0.1, 0.15) is 12.1 Å². The van der Waals surface area contributed by atoms with E-state index in [0.29, 0.717) is 5.69 Å². The standard InChI is InChI=1S/C13H13N3O2/c14-8-13(3-1-2-4-13)16-10-5-9-7-18-12(17)11(9)15-6-10/h5-6,16H,1-4,7H2. The summed E-state index contributed by atoms with van der Waals surface area (Å²) < 4.78 is 4.91. The Labute approximate surface area is 105 Å². The molecule has 92 valence electrons. The van der Waals surface area contributed by atoms with Crippen molar-refractivity contribution in [2.24, 2.45) is 0 Å². The molecule has 0 bridgehead atoms. The van der Waals surface area contributed by atoms with Gasteiger partial charge in [0.05, 0.1) is 18.0 Å². The summed E-state index contributed by atoms with van der Waals surface area (Å²) in [6.07, 6.45) is 5.45. The van der Waals surface area contributed by atoms with E-state index in [2.05, 4.69) is 16.4 Å². The van der Waals surface area contributed by atoms with Crippen molar-refractivity contribution >= 4 is 11.7 Å². The van der Waals surface area contributed by atoms with Crippen LogP contribution in [0.15, 0.2) is 12.3 Å². The third kappa shape index (κ3) is 1.70. The Kier molecular flexibility index (Phi) is 2.44. The fraction of sp³-hybridized carbons (Fsp3) is 0.462. The highest BCUT2D eigenvalue weighted by Crippen LogP contribution is 2.33. The van der Waals surface area contributed by atoms with Gasteiger partial charge in [-0.2, -0.15) is 5.26 Å². The van der Waals surface area contributed by atoms with Crippen LogP contribution in [-0.2, 0) is 11.3 Å². The zero-order valence-corrected chi connectivity index (χ0v) is 9.90. The molecule has 0 unspecified atom stereocenters. The van der Waals surface area contributed by atoms with Gasteiger partial charge in [0.2, 0.25) is 0 Å². The first-order valence-corrected chi connectivity index (χ1v) is 6.08. The zero-order chi connectivity index (χ0) is 12.6. The van der Waals surface area contributed by atoms with Crippen LogP contribution in [0.2, 0.25) is 0 Å². The van der Waals surface area contributed by atoms with E-state index in [1.807, 2.05) is 6.07 Å². The Morgan fingerprint density at radius 2 is 2.22 bits per heavy atom. The van der Waals surface area contributed by atoms with Gasteiger partial charge in [-0.1, -0.05) is 0 Å². The number of carbonyl (C=O) groups excluding carboxylic acids is 1. The SMILES string of the molecule is N#CC1(Nc2cnc3c(c2)COC3=O)CCCC1. The second kappa shape index (κ2) is 3.98. The average molecular weight is 243 g/mol. The van der Waals surface area contributed by atoms with Crippen LogP contribution in [0.3, 0.4) is 0 Å². The quantitative estimate of drug-likeness (QED) is 0.804. The Morgan fingerprint density at radius 3 is 2.94 bits per heavy atom. The maximum atomic E-state index is 11.3. The van der Waals surface area contributed by atoms with E-state index in [9.17, 15) is 10.1 Å². The van der Waals surface area contributed by atoms with Gasteiger partial charge in [-0.3, -0.25) is 0 Å². The summed E-state index contributed by atoms with van der Waals surface area (Å²) in [6, 6.07) is 4.22. The highest BCUT2D eigenvalue weighted by atomic mass is 16.5. The molecule has 1 fully saturated rings. The van der Waals surface area contributed by atoms with Gasteiger partial charge < -0.3 is 10.1 Å². The van der Waals surface area contributed by atoms with Crippen molar-refractivity contribution in [3.63, 3.8) is 0 Å². The molecule has 0 spiro atoms. The van der Waals surface area contributed by atoms with Gasteiger partial charge in [-0.05, 0) is 31.7 Å². The van der Waals surface area contributed by atoms with Crippen molar-refractivity contribution in [1.29, 1.82) is 5.26 Å². The second-order valence-corrected chi connectivity index (χ2v) is 4.83. The number of hydrogen-bond donors (Lipinski definition) is 1. The van der Waals surface area contributed by atoms with Crippen molar-refractivity contribution < 1.29 is 9.53 Å². The van der Waals surface area contributed by atoms with Crippen LogP contribution < -0.4 is 5.32 Å². The normalized spacial score (nSPS) is 20.1. The minimum Gasteiger partial charge on any atom is -0.456 e. The van der Waals surface area contributed by atoms with Crippen molar-refractivity contribution in [1.82, 2.24) is 4.98 Å². The predicted molar refractivity (Wildman–Crippen MR) is 63.8 cm³/mol. The summed E-state index contributed by atoms with van der Waals surface area (Å²) in [5, 5.41) is 12.6. The third-order valence-corrected chi connectivity index (χ3v) is 3.57. The van der Waals surface area contributed by atoms with Gasteiger partial charge >= 0.3 is 5.97 Å². The highest BCUT2D eigenvalue weighted by molar-refractivity contribution is 5.91. The number of esters is 1. The third-order valence-electron chi connectivity index (χ3n) is 3.57. The Bertz CT molecular complexity index is 542. The van der Waals surface area contributed by atoms with Crippen molar-refractivity contribution in [2.75, 3.05) is 5.32 Å². The molecule has 1 aromatic rings. The number of fused-ring (bicyclic) bond motifs is 1. The molecule has 1 aromatic heterocycles. The number of nitrogens with zero attached hydrogens (tertiary/aromatic N) is 2. The van der Waals surface area contributed by atoms with E-state index >= 15 is 0 Å². The number of aromatic nitrogens is 1. The summed E-state index contributed by atoms with van der Waals surface area (Å²) in [7, 11) is 0. The van der Waals surface area contributed by atoms with E-state index in [0.717, 1.165) is 36.9 Å². The molecule has 1 N–H and O–H groups in total. The van der Waals surface area contributed by atoms with E-state index < -0.39 is 5.54 Å². The molecule has 0 atom stereocenters. The van der Waals surface area contributed by atoms with E-state index in [1.165, 1.54) is 0 Å². The van der Waals surface area contributed by atoms with Gasteiger partial charge in [0.15, 0.2) is 5.69 Å². The molecular weight excluding hydrogens is 230 g/mol. The number of anilines is 1. The number of nitriles is 1. The lowest BCUT2D eigenvalue weighted by molar-refractivity contribution is 0.0531. The van der Waals surface area contributed by atoms with Gasteiger partial charge in [-0.15, -0.1) is 0 Å². The smallest absolute Gasteiger partial charge is 0.357 e. The number of pyridine rings is 1. The van der Waals surface area contributed by atoms with Crippen LogP contribution in [0.5, 0.6) is 0 Å². The van der Waals surface area contributed by atoms with Crippen LogP contribution in [0.1, 0.15) is 41.7 Å². The van der Waals surface area contributed by atoms with Gasteiger partial charge in [0, 0.05) is 5.56 Å². The summed E-state index contributed by atoms with van der Waals surface area (Å²) >= 11 is 0. The van der Waals surface area contributed by atoms with Crippen LogP contribution in [0.25, 0.3) is 0 Å². The number of nitrogens with one attached hydrogen (secondary N) is 1. The molecule has 2 aliphatic rings. The molecule has 0 radical (unpaired) electrons. The molecular formula is C13H13N3O2. The van der Waals surface area contributed by atoms with Crippen LogP contribution in [0.4, 0.5) is 5.69 Å². The van der Waals surface area contributed by atoms with Crippen LogP contribution in [-0.4, -0.2) is 16.5 Å². The van der Waals surface area contributed by atoms with E-state index in [1.54, 1.807) is 6.20 Å². The predicted octanol–water partition coefficient (Wildman–Crippen LogP) is 2.00. The number of rotatable bonds is 2. The molecule has 18 heavy (non-hydrogen) atoms. The lowest BCUT2D eigenvalue weighted by Crippen LogP contribution is -2.33. The summed E-state index contributed by atoms with van der Waals surface area (Å²) in [5.41, 5.74) is 1.49. The lowest BCUT2D eigenvalue weighted by Gasteiger charge is -2.23. The monoisotopic (exact) mass is 243 g/mol. The zero-order valence-electron chi connectivity index (χ0n) is 9.90. The maximum Gasteiger partial charge on any atom is 0.357 e. The van der Waals surface area contributed by atoms with Crippen LogP contribution in [0, 0.1) is 11.3 Å². The molecule has 3 rings (SSSR count). The molecule has 1 aliphatic carbocycles. The Balaban J connectivity index is 1.86. The van der Waals surface area contributed by atoms with E-state index in [-0.39, 0.29) is 12.6 Å². The topological polar surface area (TPSA) is 75.0 Å². The minimum atomic E-state index is -0.473. The van der Waals surface area contributed by atoms with Crippen molar-refractivity contribution in [3.05, 3.63) is 23.5 Å². The molecule has 5 nitrogen and oxygen atoms in total. The number of carbonyl (C=O) groups is 1. The molecule has 0 saturated heterocycles. The first-order valence-electron chi connectivity index (χ1n) is 6.08. The molecule has 5 heteroatoms. The van der Waals surface area contributed by atoms with Crippen molar-refractivity contribution in [3.8, 4) is 6.07 Å². The van der Waals surface area contributed by atoms with Gasteiger partial charge in [0.25, 0.3) is 0 Å². The van der Waals surface area contributed by atoms with Crippen LogP contribution >= 0.6 is 0 Å². The number of cyclic esters (lactones) is 1. The summed E-state index contributed by atoms with van der Waals surface area (Å²) in [6.45, 7) is 0.274. The highest BCUT2D eigenvalue weighted by Gasteiger charge is 2.34. The summed E-state index contributed by atoms with van der Waals surface area (Å²) in [5.74, 6) is -0.368. The molecule has 0 aromatic carbocycles. The first kappa shape index (κ1) is 11.0. The fourth-order valence-electron chi connectivity index (χ4n) is 2.60. The molecule has 0 amide bonds. The lowest BCUT2D eigenvalue weighted by atomic mass is 9.99. The largest absolute Gasteiger partial charge is 0.456 e. The average Bonchev–Trinajstić information content (AvgIpc) is 2.98. The molecule has 1 aliphatic heterocycles. The summed E-state index contributed by atoms with van der Waals surface area (Å²) in [4.78, 5) is 15.4. The Morgan fingerprint density at radius 1 is 1.44 bits per heavy atom.